The minimum atomic E-state index is -0.339. The number of aromatic nitrogens is 1. The molecule has 0 aromatic carbocycles. The second-order valence-electron chi connectivity index (χ2n) is 2.92. The molecular formula is C9H11ClN2O2. The van der Waals surface area contributed by atoms with Gasteiger partial charge in [0, 0.05) is 17.3 Å². The van der Waals surface area contributed by atoms with Crippen LogP contribution in [-0.2, 0) is 0 Å². The summed E-state index contributed by atoms with van der Waals surface area (Å²) in [4.78, 5) is 15.3. The van der Waals surface area contributed by atoms with Crippen LogP contribution in [0.2, 0.25) is 5.02 Å². The van der Waals surface area contributed by atoms with E-state index in [1.165, 1.54) is 12.3 Å². The van der Waals surface area contributed by atoms with Crippen molar-refractivity contribution in [3.63, 3.8) is 0 Å². The third kappa shape index (κ3) is 2.97. The molecular weight excluding hydrogens is 204 g/mol. The first-order valence-corrected chi connectivity index (χ1v) is 4.54. The zero-order chi connectivity index (χ0) is 10.6. The molecule has 1 heterocycles. The van der Waals surface area contributed by atoms with Gasteiger partial charge in [-0.25, -0.2) is 0 Å². The molecule has 4 nitrogen and oxygen atoms in total. The van der Waals surface area contributed by atoms with Crippen molar-refractivity contribution in [1.82, 2.24) is 10.3 Å². The molecule has 0 bridgehead atoms. The topological polar surface area (TPSA) is 62.2 Å². The number of nitrogens with zero attached hydrogens (tertiary/aromatic N) is 1. The van der Waals surface area contributed by atoms with Crippen LogP contribution in [0.3, 0.4) is 0 Å². The summed E-state index contributed by atoms with van der Waals surface area (Å²) in [7, 11) is 0. The normalized spacial score (nSPS) is 12.2. The van der Waals surface area contributed by atoms with E-state index in [-0.39, 0.29) is 24.2 Å². The highest BCUT2D eigenvalue weighted by atomic mass is 35.5. The number of halogens is 1. The first-order chi connectivity index (χ1) is 6.63. The van der Waals surface area contributed by atoms with E-state index >= 15 is 0 Å². The van der Waals surface area contributed by atoms with E-state index in [1.54, 1.807) is 13.0 Å². The Morgan fingerprint density at radius 3 is 3.07 bits per heavy atom. The number of rotatable bonds is 3. The molecule has 0 aliphatic rings. The monoisotopic (exact) mass is 214 g/mol. The third-order valence-corrected chi connectivity index (χ3v) is 1.84. The molecule has 1 aromatic heterocycles. The number of aliphatic hydroxyl groups is 1. The van der Waals surface area contributed by atoms with Crippen molar-refractivity contribution in [2.75, 3.05) is 6.61 Å². The van der Waals surface area contributed by atoms with E-state index in [1.807, 2.05) is 0 Å². The van der Waals surface area contributed by atoms with Gasteiger partial charge in [0.2, 0.25) is 0 Å². The van der Waals surface area contributed by atoms with Crippen LogP contribution in [-0.4, -0.2) is 28.6 Å². The Labute approximate surface area is 86.9 Å². The number of pyridine rings is 1. The SMILES string of the molecule is C[C@H](CO)NC(=O)c1cc(Cl)ccn1. The van der Waals surface area contributed by atoms with Gasteiger partial charge >= 0.3 is 0 Å². The van der Waals surface area contributed by atoms with Crippen molar-refractivity contribution in [3.05, 3.63) is 29.0 Å². The molecule has 2 N–H and O–H groups in total. The van der Waals surface area contributed by atoms with Gasteiger partial charge in [-0.15, -0.1) is 0 Å². The molecule has 1 rings (SSSR count). The Bertz CT molecular complexity index is 330. The summed E-state index contributed by atoms with van der Waals surface area (Å²) >= 11 is 5.69. The highest BCUT2D eigenvalue weighted by molar-refractivity contribution is 6.30. The van der Waals surface area contributed by atoms with Crippen LogP contribution in [0.4, 0.5) is 0 Å². The predicted octanol–water partition coefficient (Wildman–Crippen LogP) is 0.846. The van der Waals surface area contributed by atoms with Gasteiger partial charge in [-0.05, 0) is 19.1 Å². The molecule has 1 aromatic rings. The lowest BCUT2D eigenvalue weighted by Gasteiger charge is -2.09. The fourth-order valence-electron chi connectivity index (χ4n) is 0.872. The molecule has 5 heteroatoms. The van der Waals surface area contributed by atoms with E-state index in [0.717, 1.165) is 0 Å². The van der Waals surface area contributed by atoms with Crippen LogP contribution >= 0.6 is 11.6 Å². The summed E-state index contributed by atoms with van der Waals surface area (Å²) in [6.45, 7) is 1.59. The maximum Gasteiger partial charge on any atom is 0.270 e. The predicted molar refractivity (Wildman–Crippen MR) is 53.3 cm³/mol. The first-order valence-electron chi connectivity index (χ1n) is 4.16. The van der Waals surface area contributed by atoms with Crippen LogP contribution in [0.5, 0.6) is 0 Å². The molecule has 0 aliphatic carbocycles. The molecule has 14 heavy (non-hydrogen) atoms. The van der Waals surface area contributed by atoms with E-state index in [0.29, 0.717) is 5.02 Å². The zero-order valence-electron chi connectivity index (χ0n) is 7.70. The lowest BCUT2D eigenvalue weighted by Crippen LogP contribution is -2.35. The molecule has 1 amide bonds. The zero-order valence-corrected chi connectivity index (χ0v) is 8.45. The van der Waals surface area contributed by atoms with Crippen molar-refractivity contribution in [2.45, 2.75) is 13.0 Å². The van der Waals surface area contributed by atoms with Crippen molar-refractivity contribution >= 4 is 17.5 Å². The summed E-state index contributed by atoms with van der Waals surface area (Å²) in [5.74, 6) is -0.339. The summed E-state index contributed by atoms with van der Waals surface area (Å²) in [6.07, 6.45) is 1.46. The fraction of sp³-hybridized carbons (Fsp3) is 0.333. The fourth-order valence-corrected chi connectivity index (χ4v) is 1.03. The van der Waals surface area contributed by atoms with E-state index in [4.69, 9.17) is 16.7 Å². The second kappa shape index (κ2) is 4.93. The number of nitrogens with one attached hydrogen (secondary N) is 1. The van der Waals surface area contributed by atoms with Gasteiger partial charge in [-0.3, -0.25) is 9.78 Å². The smallest absolute Gasteiger partial charge is 0.270 e. The van der Waals surface area contributed by atoms with Gasteiger partial charge in [0.25, 0.3) is 5.91 Å². The molecule has 0 fully saturated rings. The second-order valence-corrected chi connectivity index (χ2v) is 3.35. The van der Waals surface area contributed by atoms with Gasteiger partial charge in [-0.1, -0.05) is 11.6 Å². The summed E-state index contributed by atoms with van der Waals surface area (Å²) in [5, 5.41) is 11.7. The molecule has 76 valence electrons. The van der Waals surface area contributed by atoms with Gasteiger partial charge in [0.15, 0.2) is 0 Å². The number of hydrogen-bond acceptors (Lipinski definition) is 3. The first kappa shape index (κ1) is 10.9. The molecule has 0 unspecified atom stereocenters. The van der Waals surface area contributed by atoms with Crippen LogP contribution in [0.15, 0.2) is 18.3 Å². The minimum absolute atomic E-state index is 0.105. The van der Waals surface area contributed by atoms with E-state index < -0.39 is 0 Å². The largest absolute Gasteiger partial charge is 0.394 e. The highest BCUT2D eigenvalue weighted by Crippen LogP contribution is 2.07. The molecule has 0 saturated heterocycles. The molecule has 1 atom stereocenters. The van der Waals surface area contributed by atoms with Gasteiger partial charge in [0.1, 0.15) is 5.69 Å². The molecule has 0 saturated carbocycles. The highest BCUT2D eigenvalue weighted by Gasteiger charge is 2.09. The van der Waals surface area contributed by atoms with Crippen LogP contribution in [0, 0.1) is 0 Å². The maximum atomic E-state index is 11.4. The van der Waals surface area contributed by atoms with Gasteiger partial charge in [0.05, 0.1) is 6.61 Å². The van der Waals surface area contributed by atoms with E-state index in [2.05, 4.69) is 10.3 Å². The quantitative estimate of drug-likeness (QED) is 0.784. The van der Waals surface area contributed by atoms with Crippen LogP contribution < -0.4 is 5.32 Å². The number of amides is 1. The van der Waals surface area contributed by atoms with Crippen molar-refractivity contribution in [1.29, 1.82) is 0 Å². The maximum absolute atomic E-state index is 11.4. The number of carbonyl (C=O) groups is 1. The van der Waals surface area contributed by atoms with E-state index in [9.17, 15) is 4.79 Å². The summed E-state index contributed by atoms with van der Waals surface area (Å²) in [6, 6.07) is 2.78. The Kier molecular flexibility index (Phi) is 3.85. The van der Waals surface area contributed by atoms with Crippen molar-refractivity contribution in [2.24, 2.45) is 0 Å². The van der Waals surface area contributed by atoms with Crippen LogP contribution in [0.25, 0.3) is 0 Å². The van der Waals surface area contributed by atoms with Crippen molar-refractivity contribution < 1.29 is 9.90 Å². The molecule has 0 aliphatic heterocycles. The summed E-state index contributed by atoms with van der Waals surface area (Å²) < 4.78 is 0. The minimum Gasteiger partial charge on any atom is -0.394 e. The molecule has 0 radical (unpaired) electrons. The lowest BCUT2D eigenvalue weighted by molar-refractivity contribution is 0.0917. The average Bonchev–Trinajstić information content (AvgIpc) is 2.17. The van der Waals surface area contributed by atoms with Gasteiger partial charge in [-0.2, -0.15) is 0 Å². The Morgan fingerprint density at radius 1 is 1.79 bits per heavy atom. The summed E-state index contributed by atoms with van der Waals surface area (Å²) in [5.41, 5.74) is 0.248. The number of aliphatic hydroxyl groups excluding tert-OH is 1. The Balaban J connectivity index is 2.70. The van der Waals surface area contributed by atoms with Crippen molar-refractivity contribution in [3.8, 4) is 0 Å². The Morgan fingerprint density at radius 2 is 2.50 bits per heavy atom. The average molecular weight is 215 g/mol. The Hall–Kier alpha value is -1.13. The number of carbonyl (C=O) groups excluding carboxylic acids is 1. The molecule has 0 spiro atoms. The third-order valence-electron chi connectivity index (χ3n) is 1.61. The van der Waals surface area contributed by atoms with Crippen LogP contribution in [0.1, 0.15) is 17.4 Å². The lowest BCUT2D eigenvalue weighted by atomic mass is 10.3. The van der Waals surface area contributed by atoms with Gasteiger partial charge < -0.3 is 10.4 Å². The standard InChI is InChI=1S/C9H11ClN2O2/c1-6(5-13)12-9(14)8-4-7(10)2-3-11-8/h2-4,6,13H,5H2,1H3,(H,12,14)/t6-/m1/s1. The number of hydrogen-bond donors (Lipinski definition) is 2.